The lowest BCUT2D eigenvalue weighted by molar-refractivity contribution is 0.244. The van der Waals surface area contributed by atoms with Crippen molar-refractivity contribution in [1.82, 2.24) is 9.88 Å². The van der Waals surface area contributed by atoms with Gasteiger partial charge >= 0.3 is 0 Å². The number of aromatic amines is 1. The summed E-state index contributed by atoms with van der Waals surface area (Å²) in [6.45, 7) is 4.53. The minimum Gasteiger partial charge on any atom is -0.497 e. The van der Waals surface area contributed by atoms with Crippen LogP contribution in [-0.4, -0.2) is 23.5 Å². The smallest absolute Gasteiger partial charge is 0.194 e. The van der Waals surface area contributed by atoms with Crippen LogP contribution in [0.3, 0.4) is 0 Å². The van der Waals surface area contributed by atoms with E-state index in [1.807, 2.05) is 25.1 Å². The Bertz CT molecular complexity index is 991. The van der Waals surface area contributed by atoms with Gasteiger partial charge in [0.05, 0.1) is 7.11 Å². The Kier molecular flexibility index (Phi) is 4.06. The van der Waals surface area contributed by atoms with Crippen molar-refractivity contribution >= 4 is 10.9 Å². The van der Waals surface area contributed by atoms with E-state index in [4.69, 9.17) is 4.74 Å². The summed E-state index contributed by atoms with van der Waals surface area (Å²) < 4.78 is 5.27. The number of nitrogens with zero attached hydrogens (tertiary/aromatic N) is 1. The maximum atomic E-state index is 13.0. The molecule has 4 nitrogen and oxygen atoms in total. The zero-order valence-corrected chi connectivity index (χ0v) is 14.6. The monoisotopic (exact) mass is 334 g/mol. The van der Waals surface area contributed by atoms with Gasteiger partial charge in [-0.1, -0.05) is 24.3 Å². The highest BCUT2D eigenvalue weighted by Gasteiger charge is 2.19. The molecule has 3 aromatic rings. The fourth-order valence-electron chi connectivity index (χ4n) is 3.66. The number of H-pyrrole nitrogens is 1. The predicted molar refractivity (Wildman–Crippen MR) is 100 cm³/mol. The molecular formula is C21H22N2O2. The van der Waals surface area contributed by atoms with Gasteiger partial charge in [-0.3, -0.25) is 9.69 Å². The summed E-state index contributed by atoms with van der Waals surface area (Å²) in [7, 11) is 1.62. The minimum atomic E-state index is 0.101. The second kappa shape index (κ2) is 6.37. The molecule has 128 valence electrons. The number of pyridine rings is 1. The Morgan fingerprint density at radius 2 is 1.96 bits per heavy atom. The van der Waals surface area contributed by atoms with Crippen molar-refractivity contribution in [3.8, 4) is 5.75 Å². The number of nitrogens with one attached hydrogen (secondary N) is 1. The number of benzene rings is 2. The van der Waals surface area contributed by atoms with Gasteiger partial charge in [0.1, 0.15) is 5.75 Å². The molecule has 1 aliphatic heterocycles. The fourth-order valence-corrected chi connectivity index (χ4v) is 3.66. The Morgan fingerprint density at radius 1 is 1.16 bits per heavy atom. The number of fused-ring (bicyclic) bond motifs is 2. The number of rotatable bonds is 3. The molecule has 0 saturated carbocycles. The first-order chi connectivity index (χ1) is 12.2. The number of aromatic nitrogens is 1. The van der Waals surface area contributed by atoms with Gasteiger partial charge in [-0.15, -0.1) is 0 Å². The molecule has 1 aromatic heterocycles. The summed E-state index contributed by atoms with van der Waals surface area (Å²) in [5.74, 6) is 0.708. The Balaban J connectivity index is 1.69. The summed E-state index contributed by atoms with van der Waals surface area (Å²) in [6.07, 6.45) is 1.04. The number of aryl methyl sites for hydroxylation is 1. The molecule has 0 amide bonds. The molecule has 25 heavy (non-hydrogen) atoms. The third-order valence-electron chi connectivity index (χ3n) is 5.11. The van der Waals surface area contributed by atoms with Gasteiger partial charge in [0.2, 0.25) is 0 Å². The van der Waals surface area contributed by atoms with Crippen LogP contribution in [0.5, 0.6) is 5.75 Å². The summed E-state index contributed by atoms with van der Waals surface area (Å²) in [5, 5.41) is 0.692. The molecule has 0 radical (unpaired) electrons. The quantitative estimate of drug-likeness (QED) is 0.798. The molecule has 0 spiro atoms. The van der Waals surface area contributed by atoms with E-state index in [-0.39, 0.29) is 5.43 Å². The third-order valence-corrected chi connectivity index (χ3v) is 5.11. The number of methoxy groups -OCH3 is 1. The first-order valence-corrected chi connectivity index (χ1v) is 8.64. The lowest BCUT2D eigenvalue weighted by Crippen LogP contribution is -2.32. The number of hydrogen-bond donors (Lipinski definition) is 1. The molecule has 4 rings (SSSR count). The number of ether oxygens (including phenoxy) is 1. The van der Waals surface area contributed by atoms with Crippen LogP contribution in [0.2, 0.25) is 0 Å². The second-order valence-electron chi connectivity index (χ2n) is 6.70. The molecule has 0 unspecified atom stereocenters. The maximum absolute atomic E-state index is 13.0. The molecule has 1 N–H and O–H groups in total. The van der Waals surface area contributed by atoms with Gasteiger partial charge in [0.25, 0.3) is 0 Å². The van der Waals surface area contributed by atoms with E-state index in [1.54, 1.807) is 7.11 Å². The number of hydrogen-bond acceptors (Lipinski definition) is 3. The van der Waals surface area contributed by atoms with Crippen LogP contribution in [0.1, 0.15) is 22.4 Å². The molecule has 0 fully saturated rings. The SMILES string of the molecule is COc1ccc2[nH]c(C)c(CN3CCc4ccccc4C3)c(=O)c2c1. The second-order valence-corrected chi connectivity index (χ2v) is 6.70. The van der Waals surface area contributed by atoms with Crippen LogP contribution >= 0.6 is 0 Å². The first-order valence-electron chi connectivity index (χ1n) is 8.64. The Hall–Kier alpha value is -2.59. The lowest BCUT2D eigenvalue weighted by atomic mass is 9.99. The standard InChI is InChI=1S/C21H22N2O2/c1-14-19(13-23-10-9-15-5-3-4-6-16(15)12-23)21(24)18-11-17(25-2)7-8-20(18)22-14/h3-8,11H,9-10,12-13H2,1-2H3,(H,22,24). The molecule has 0 aliphatic carbocycles. The van der Waals surface area contributed by atoms with Crippen molar-refractivity contribution < 1.29 is 4.74 Å². The highest BCUT2D eigenvalue weighted by atomic mass is 16.5. The molecule has 0 bridgehead atoms. The highest BCUT2D eigenvalue weighted by Crippen LogP contribution is 2.22. The van der Waals surface area contributed by atoms with E-state index in [2.05, 4.69) is 34.1 Å². The van der Waals surface area contributed by atoms with Gasteiger partial charge in [0, 0.05) is 41.8 Å². The highest BCUT2D eigenvalue weighted by molar-refractivity contribution is 5.81. The normalized spacial score (nSPS) is 14.5. The van der Waals surface area contributed by atoms with Crippen molar-refractivity contribution in [2.24, 2.45) is 0 Å². The van der Waals surface area contributed by atoms with Crippen molar-refractivity contribution in [2.45, 2.75) is 26.4 Å². The van der Waals surface area contributed by atoms with Gasteiger partial charge < -0.3 is 9.72 Å². The van der Waals surface area contributed by atoms with Gasteiger partial charge in [0.15, 0.2) is 5.43 Å². The van der Waals surface area contributed by atoms with E-state index in [1.165, 1.54) is 11.1 Å². The molecule has 0 saturated heterocycles. The Morgan fingerprint density at radius 3 is 2.76 bits per heavy atom. The molecule has 1 aliphatic rings. The van der Waals surface area contributed by atoms with Crippen molar-refractivity contribution in [2.75, 3.05) is 13.7 Å². The lowest BCUT2D eigenvalue weighted by Gasteiger charge is -2.29. The predicted octanol–water partition coefficient (Wildman–Crippen LogP) is 3.40. The zero-order valence-electron chi connectivity index (χ0n) is 14.6. The molecule has 2 heterocycles. The van der Waals surface area contributed by atoms with Crippen LogP contribution < -0.4 is 10.2 Å². The molecule has 2 aromatic carbocycles. The van der Waals surface area contributed by atoms with Crippen molar-refractivity contribution in [1.29, 1.82) is 0 Å². The average Bonchev–Trinajstić information content (AvgIpc) is 2.65. The van der Waals surface area contributed by atoms with Crippen molar-refractivity contribution in [3.63, 3.8) is 0 Å². The summed E-state index contributed by atoms with van der Waals surface area (Å²) >= 11 is 0. The molecule has 4 heteroatoms. The largest absolute Gasteiger partial charge is 0.497 e. The van der Waals surface area contributed by atoms with E-state index >= 15 is 0 Å². The average molecular weight is 334 g/mol. The van der Waals surface area contributed by atoms with Gasteiger partial charge in [-0.2, -0.15) is 0 Å². The van der Waals surface area contributed by atoms with Crippen LogP contribution in [0.15, 0.2) is 47.3 Å². The van der Waals surface area contributed by atoms with Gasteiger partial charge in [-0.25, -0.2) is 0 Å². The van der Waals surface area contributed by atoms with E-state index < -0.39 is 0 Å². The first kappa shape index (κ1) is 15.9. The van der Waals surface area contributed by atoms with Crippen molar-refractivity contribution in [3.05, 3.63) is 75.1 Å². The minimum absolute atomic E-state index is 0.101. The van der Waals surface area contributed by atoms with Crippen LogP contribution in [0.4, 0.5) is 0 Å². The van der Waals surface area contributed by atoms with Gasteiger partial charge in [-0.05, 0) is 42.7 Å². The van der Waals surface area contributed by atoms with Crippen LogP contribution in [-0.2, 0) is 19.5 Å². The summed E-state index contributed by atoms with van der Waals surface area (Å²) in [4.78, 5) is 18.8. The zero-order chi connectivity index (χ0) is 17.4. The molecular weight excluding hydrogens is 312 g/mol. The van der Waals surface area contributed by atoms with E-state index in [0.717, 1.165) is 36.3 Å². The topological polar surface area (TPSA) is 45.3 Å². The van der Waals surface area contributed by atoms with E-state index in [9.17, 15) is 4.79 Å². The van der Waals surface area contributed by atoms with Crippen LogP contribution in [0, 0.1) is 6.92 Å². The fraction of sp³-hybridized carbons (Fsp3) is 0.286. The van der Waals surface area contributed by atoms with Crippen LogP contribution in [0.25, 0.3) is 10.9 Å². The molecule has 0 atom stereocenters. The van der Waals surface area contributed by atoms with E-state index in [0.29, 0.717) is 17.7 Å². The third kappa shape index (κ3) is 2.94. The Labute approximate surface area is 147 Å². The maximum Gasteiger partial charge on any atom is 0.194 e. The summed E-state index contributed by atoms with van der Waals surface area (Å²) in [6, 6.07) is 14.2. The summed E-state index contributed by atoms with van der Waals surface area (Å²) in [5.41, 5.74) is 5.54.